The van der Waals surface area contributed by atoms with E-state index in [2.05, 4.69) is 14.7 Å². The highest BCUT2D eigenvalue weighted by Gasteiger charge is 2.50. The highest BCUT2D eigenvalue weighted by Crippen LogP contribution is 2.53. The molecular weight excluding hydrogens is 465 g/mol. The number of benzene rings is 1. The van der Waals surface area contributed by atoms with Crippen LogP contribution in [0.15, 0.2) is 22.1 Å². The van der Waals surface area contributed by atoms with Crippen molar-refractivity contribution in [2.24, 2.45) is 0 Å². The second kappa shape index (κ2) is 6.73. The summed E-state index contributed by atoms with van der Waals surface area (Å²) in [5, 5.41) is 22.3. The number of hydrogen-bond donors (Lipinski definition) is 2. The maximum atomic E-state index is 13.3. The molecule has 1 saturated carbocycles. The van der Waals surface area contributed by atoms with Crippen LogP contribution in [0.1, 0.15) is 24.8 Å². The van der Waals surface area contributed by atoms with Gasteiger partial charge in [-0.15, -0.1) is 24.5 Å². The third kappa shape index (κ3) is 3.29. The Morgan fingerprint density at radius 3 is 2.61 bits per heavy atom. The van der Waals surface area contributed by atoms with Crippen molar-refractivity contribution in [3.8, 4) is 16.3 Å². The molecule has 174 valence electrons. The summed E-state index contributed by atoms with van der Waals surface area (Å²) in [6, 6.07) is 1.05. The van der Waals surface area contributed by atoms with Gasteiger partial charge in [-0.1, -0.05) is 0 Å². The number of halogens is 3. The third-order valence-corrected chi connectivity index (χ3v) is 7.21. The number of alkyl halides is 3. The van der Waals surface area contributed by atoms with E-state index < -0.39 is 23.8 Å². The van der Waals surface area contributed by atoms with Gasteiger partial charge in [0.1, 0.15) is 5.01 Å². The molecule has 2 atom stereocenters. The summed E-state index contributed by atoms with van der Waals surface area (Å²) in [7, 11) is 0. The number of rotatable bonds is 4. The van der Waals surface area contributed by atoms with Crippen LogP contribution in [0.2, 0.25) is 0 Å². The number of amides is 1. The van der Waals surface area contributed by atoms with Gasteiger partial charge >= 0.3 is 12.5 Å². The average molecular weight is 482 g/mol. The summed E-state index contributed by atoms with van der Waals surface area (Å²) in [5.74, 6) is -0.581. The van der Waals surface area contributed by atoms with E-state index in [-0.39, 0.29) is 34.8 Å². The molecule has 4 aliphatic rings. The maximum Gasteiger partial charge on any atom is 0.573 e. The van der Waals surface area contributed by atoms with Gasteiger partial charge in [-0.05, 0) is 25.3 Å². The molecule has 5 heterocycles. The average Bonchev–Trinajstić information content (AvgIpc) is 3.15. The minimum absolute atomic E-state index is 0.00378. The van der Waals surface area contributed by atoms with Crippen LogP contribution in [-0.4, -0.2) is 62.7 Å². The normalized spacial score (nSPS) is 23.5. The minimum Gasteiger partial charge on any atom is -0.465 e. The Hall–Kier alpha value is -3.06. The van der Waals surface area contributed by atoms with Crippen molar-refractivity contribution in [3.05, 3.63) is 23.2 Å². The van der Waals surface area contributed by atoms with Crippen LogP contribution < -0.4 is 9.64 Å². The summed E-state index contributed by atoms with van der Waals surface area (Å²) >= 11 is 1.28. The van der Waals surface area contributed by atoms with Crippen molar-refractivity contribution >= 4 is 34.5 Å². The number of nitrogens with zero attached hydrogens (tertiary/aromatic N) is 4. The molecule has 13 heteroatoms. The van der Waals surface area contributed by atoms with Gasteiger partial charge in [-0.25, -0.2) is 9.78 Å². The molecule has 2 unspecified atom stereocenters. The van der Waals surface area contributed by atoms with E-state index in [1.54, 1.807) is 16.5 Å². The summed E-state index contributed by atoms with van der Waals surface area (Å²) in [4.78, 5) is 23.1. The van der Waals surface area contributed by atoms with Gasteiger partial charge in [0.2, 0.25) is 0 Å². The minimum atomic E-state index is -5.00. The van der Waals surface area contributed by atoms with Crippen LogP contribution in [-0.2, 0) is 5.60 Å². The van der Waals surface area contributed by atoms with Crippen LogP contribution in [0.3, 0.4) is 0 Å². The predicted molar refractivity (Wildman–Crippen MR) is 109 cm³/mol. The molecule has 1 amide bonds. The molecule has 1 aromatic carbocycles. The van der Waals surface area contributed by atoms with E-state index in [1.165, 1.54) is 22.3 Å². The number of anilines is 1. The number of oxazole rings is 1. The number of carbonyl (C=O) groups is 1. The van der Waals surface area contributed by atoms with Crippen molar-refractivity contribution < 1.29 is 37.3 Å². The molecule has 0 spiro atoms. The number of carboxylic acid groups (broad SMARTS) is 1. The number of fused-ring (bicyclic) bond motifs is 3. The number of aliphatic hydroxyl groups is 1. The van der Waals surface area contributed by atoms with Crippen molar-refractivity contribution in [2.45, 2.75) is 43.3 Å². The van der Waals surface area contributed by atoms with Crippen LogP contribution >= 0.6 is 11.3 Å². The number of piperazine rings is 1. The SMILES string of the molecule is O=C(O)N1C2CC1CN(c1nc3c(OC(F)(F)F)c(C4(O)CC4)cc(-c4nccs4)c3o1)C2. The Morgan fingerprint density at radius 1 is 1.30 bits per heavy atom. The van der Waals surface area contributed by atoms with E-state index in [4.69, 9.17) is 4.42 Å². The largest absolute Gasteiger partial charge is 0.573 e. The molecule has 3 saturated heterocycles. The summed E-state index contributed by atoms with van der Waals surface area (Å²) in [5.41, 5.74) is -1.11. The first kappa shape index (κ1) is 20.5. The number of hydrogen-bond acceptors (Lipinski definition) is 8. The van der Waals surface area contributed by atoms with Crippen LogP contribution in [0.5, 0.6) is 5.75 Å². The third-order valence-electron chi connectivity index (χ3n) is 6.40. The van der Waals surface area contributed by atoms with Crippen LogP contribution in [0.25, 0.3) is 21.7 Å². The topological polar surface area (TPSA) is 112 Å². The summed E-state index contributed by atoms with van der Waals surface area (Å²) in [6.45, 7) is 0.628. The molecular formula is C20H17F3N4O5S. The first-order valence-corrected chi connectivity index (χ1v) is 11.1. The standard InChI is InChI=1S/C20H17F3N4O5S/c21-20(22,23)32-15-12(19(30)1-2-19)6-11(16-24-3-4-33-16)14-13(15)25-17(31-14)26-7-9-5-10(8-26)27(9)18(28)29/h3-4,6,9-10,30H,1-2,5,7-8H2,(H,28,29). The van der Waals surface area contributed by atoms with Gasteiger partial charge in [-0.2, -0.15) is 4.98 Å². The second-order valence-corrected chi connectivity index (χ2v) is 9.42. The van der Waals surface area contributed by atoms with Crippen molar-refractivity contribution in [1.29, 1.82) is 0 Å². The molecule has 4 fully saturated rings. The Kier molecular flexibility index (Phi) is 4.19. The van der Waals surface area contributed by atoms with E-state index in [0.717, 1.165) is 0 Å². The number of thiazole rings is 1. The lowest BCUT2D eigenvalue weighted by Gasteiger charge is -2.54. The fraction of sp³-hybridized carbons (Fsp3) is 0.450. The van der Waals surface area contributed by atoms with E-state index in [0.29, 0.717) is 42.9 Å². The highest BCUT2D eigenvalue weighted by molar-refractivity contribution is 7.13. The lowest BCUT2D eigenvalue weighted by atomic mass is 9.88. The van der Waals surface area contributed by atoms with Gasteiger partial charge in [-0.3, -0.25) is 4.90 Å². The highest BCUT2D eigenvalue weighted by atomic mass is 32.1. The van der Waals surface area contributed by atoms with Crippen LogP contribution in [0.4, 0.5) is 24.0 Å². The van der Waals surface area contributed by atoms with Gasteiger partial charge in [0, 0.05) is 30.2 Å². The first-order chi connectivity index (χ1) is 15.6. The quantitative estimate of drug-likeness (QED) is 0.578. The lowest BCUT2D eigenvalue weighted by molar-refractivity contribution is -0.274. The molecule has 1 aliphatic carbocycles. The number of piperidine rings is 1. The van der Waals surface area contributed by atoms with E-state index in [9.17, 15) is 28.2 Å². The van der Waals surface area contributed by atoms with Crippen molar-refractivity contribution in [3.63, 3.8) is 0 Å². The first-order valence-electron chi connectivity index (χ1n) is 10.3. The van der Waals surface area contributed by atoms with Crippen molar-refractivity contribution in [2.75, 3.05) is 18.0 Å². The molecule has 2 aromatic heterocycles. The Morgan fingerprint density at radius 2 is 2.03 bits per heavy atom. The van der Waals surface area contributed by atoms with Crippen LogP contribution in [0, 0.1) is 0 Å². The summed E-state index contributed by atoms with van der Waals surface area (Å²) in [6.07, 6.45) is -3.11. The maximum absolute atomic E-state index is 13.3. The monoisotopic (exact) mass is 482 g/mol. The Labute approximate surface area is 188 Å². The van der Waals surface area contributed by atoms with E-state index >= 15 is 0 Å². The zero-order valence-electron chi connectivity index (χ0n) is 16.9. The molecule has 3 aliphatic heterocycles. The lowest BCUT2D eigenvalue weighted by Crippen LogP contribution is -2.70. The molecule has 33 heavy (non-hydrogen) atoms. The fourth-order valence-electron chi connectivity index (χ4n) is 4.73. The van der Waals surface area contributed by atoms with Crippen molar-refractivity contribution in [1.82, 2.24) is 14.9 Å². The van der Waals surface area contributed by atoms with Gasteiger partial charge < -0.3 is 24.3 Å². The van der Waals surface area contributed by atoms with E-state index in [1.807, 2.05) is 0 Å². The molecule has 2 bridgehead atoms. The molecule has 7 rings (SSSR count). The fourth-order valence-corrected chi connectivity index (χ4v) is 5.38. The smallest absolute Gasteiger partial charge is 0.465 e. The molecule has 3 aromatic rings. The van der Waals surface area contributed by atoms with Gasteiger partial charge in [0.25, 0.3) is 6.01 Å². The molecule has 0 radical (unpaired) electrons. The zero-order valence-corrected chi connectivity index (χ0v) is 17.7. The summed E-state index contributed by atoms with van der Waals surface area (Å²) < 4.78 is 50.3. The Bertz CT molecular complexity index is 1240. The molecule has 9 nitrogen and oxygen atoms in total. The predicted octanol–water partition coefficient (Wildman–Crippen LogP) is 3.77. The van der Waals surface area contributed by atoms with Gasteiger partial charge in [0.05, 0.1) is 23.2 Å². The molecule has 2 N–H and O–H groups in total. The Balaban J connectivity index is 1.50. The zero-order chi connectivity index (χ0) is 23.1. The second-order valence-electron chi connectivity index (χ2n) is 8.53. The number of ether oxygens (including phenoxy) is 1. The number of aromatic nitrogens is 2. The van der Waals surface area contributed by atoms with Gasteiger partial charge in [0.15, 0.2) is 16.8 Å².